The Morgan fingerprint density at radius 1 is 1.23 bits per heavy atom. The smallest absolute Gasteiger partial charge is 0.246 e. The van der Waals surface area contributed by atoms with E-state index in [-0.39, 0.29) is 35.0 Å². The highest BCUT2D eigenvalue weighted by molar-refractivity contribution is 7.89. The van der Waals surface area contributed by atoms with Crippen LogP contribution in [0, 0.1) is 0 Å². The first kappa shape index (κ1) is 23.8. The molecule has 0 saturated carbocycles. The first-order chi connectivity index (χ1) is 14.9. The van der Waals surface area contributed by atoms with E-state index in [2.05, 4.69) is 10.3 Å². The predicted molar refractivity (Wildman–Crippen MR) is 116 cm³/mol. The number of rotatable bonds is 11. The van der Waals surface area contributed by atoms with Crippen LogP contribution in [-0.2, 0) is 29.0 Å². The number of hydrogen-bond acceptors (Lipinski definition) is 7. The molecule has 1 aromatic heterocycles. The van der Waals surface area contributed by atoms with Crippen molar-refractivity contribution in [3.63, 3.8) is 0 Å². The van der Waals surface area contributed by atoms with Gasteiger partial charge in [-0.25, -0.2) is 8.42 Å². The second-order valence-corrected chi connectivity index (χ2v) is 9.36. The lowest BCUT2D eigenvalue weighted by Crippen LogP contribution is -2.40. The van der Waals surface area contributed by atoms with Gasteiger partial charge in [-0.1, -0.05) is 23.7 Å². The van der Waals surface area contributed by atoms with Crippen molar-refractivity contribution in [1.82, 2.24) is 14.6 Å². The Hall–Kier alpha value is -1.82. The van der Waals surface area contributed by atoms with Gasteiger partial charge in [0.1, 0.15) is 6.61 Å². The fraction of sp³-hybridized carbons (Fsp3) is 0.500. The molecule has 3 rings (SSSR count). The first-order valence-electron chi connectivity index (χ1n) is 9.89. The summed E-state index contributed by atoms with van der Waals surface area (Å²) in [6.45, 7) is 2.02. The quantitative estimate of drug-likeness (QED) is 0.494. The molecular weight excluding hydrogens is 446 g/mol. The van der Waals surface area contributed by atoms with E-state index in [1.54, 1.807) is 25.4 Å². The maximum atomic E-state index is 13.2. The zero-order valence-corrected chi connectivity index (χ0v) is 18.8. The van der Waals surface area contributed by atoms with Crippen molar-refractivity contribution in [3.05, 3.63) is 35.6 Å². The van der Waals surface area contributed by atoms with Gasteiger partial charge in [-0.15, -0.1) is 0 Å². The Bertz CT molecular complexity index is 998. The number of benzene rings is 1. The van der Waals surface area contributed by atoms with E-state index in [0.717, 1.165) is 0 Å². The maximum Gasteiger partial charge on any atom is 0.246 e. The molecule has 0 unspecified atom stereocenters. The van der Waals surface area contributed by atoms with Crippen molar-refractivity contribution < 1.29 is 27.4 Å². The van der Waals surface area contributed by atoms with Crippen LogP contribution in [0.2, 0.25) is 5.02 Å². The molecule has 1 amide bonds. The minimum Gasteiger partial charge on any atom is -0.382 e. The van der Waals surface area contributed by atoms with Crippen LogP contribution in [0.3, 0.4) is 0 Å². The van der Waals surface area contributed by atoms with Gasteiger partial charge in [0.25, 0.3) is 0 Å². The van der Waals surface area contributed by atoms with Gasteiger partial charge in [0.2, 0.25) is 15.9 Å². The lowest BCUT2D eigenvalue weighted by molar-refractivity contribution is -0.126. The largest absolute Gasteiger partial charge is 0.382 e. The topological polar surface area (TPSA) is 107 Å². The van der Waals surface area contributed by atoms with Crippen molar-refractivity contribution in [2.75, 3.05) is 53.2 Å². The molecule has 0 radical (unpaired) electrons. The third-order valence-corrected chi connectivity index (χ3v) is 7.06. The molecule has 1 saturated heterocycles. The summed E-state index contributed by atoms with van der Waals surface area (Å²) in [5, 5.41) is 4.21. The standard InChI is InChI=1S/C20H26ClN3O6S/c1-28-7-8-29-9-10-30-14-19(25)23-16-5-6-24(13-16)31(26,27)18-4-2-3-15-11-22-12-17(21)20(15)18/h2-4,11-12,16H,5-10,13-14H2,1H3,(H,23,25)/t16-/m1/s1. The van der Waals surface area contributed by atoms with Crippen molar-refractivity contribution in [2.24, 2.45) is 0 Å². The normalized spacial score (nSPS) is 17.3. The van der Waals surface area contributed by atoms with Crippen LogP contribution in [-0.4, -0.2) is 82.9 Å². The molecule has 0 aliphatic carbocycles. The van der Waals surface area contributed by atoms with Gasteiger partial charge in [-0.3, -0.25) is 9.78 Å². The second-order valence-electron chi connectivity index (χ2n) is 7.05. The Balaban J connectivity index is 1.53. The summed E-state index contributed by atoms with van der Waals surface area (Å²) in [5.41, 5.74) is 0. The van der Waals surface area contributed by atoms with Crippen molar-refractivity contribution in [3.8, 4) is 0 Å². The maximum absolute atomic E-state index is 13.2. The van der Waals surface area contributed by atoms with E-state index < -0.39 is 10.0 Å². The zero-order chi connectivity index (χ0) is 22.3. The van der Waals surface area contributed by atoms with E-state index in [1.165, 1.54) is 16.6 Å². The lowest BCUT2D eigenvalue weighted by Gasteiger charge is -2.18. The van der Waals surface area contributed by atoms with Gasteiger partial charge >= 0.3 is 0 Å². The number of amides is 1. The van der Waals surface area contributed by atoms with Gasteiger partial charge in [0.05, 0.1) is 36.3 Å². The van der Waals surface area contributed by atoms with Crippen molar-refractivity contribution >= 4 is 38.3 Å². The van der Waals surface area contributed by atoms with E-state index >= 15 is 0 Å². The zero-order valence-electron chi connectivity index (χ0n) is 17.3. The number of sulfonamides is 1. The number of carbonyl (C=O) groups excluding carboxylic acids is 1. The number of methoxy groups -OCH3 is 1. The van der Waals surface area contributed by atoms with Crippen LogP contribution < -0.4 is 5.32 Å². The molecule has 2 aromatic rings. The molecule has 2 heterocycles. The summed E-state index contributed by atoms with van der Waals surface area (Å²) in [7, 11) is -2.19. The highest BCUT2D eigenvalue weighted by Crippen LogP contribution is 2.32. The van der Waals surface area contributed by atoms with Crippen molar-refractivity contribution in [1.29, 1.82) is 0 Å². The third kappa shape index (κ3) is 6.12. The summed E-state index contributed by atoms with van der Waals surface area (Å²) >= 11 is 6.24. The number of halogens is 1. The lowest BCUT2D eigenvalue weighted by atomic mass is 10.2. The van der Waals surface area contributed by atoms with Crippen LogP contribution in [0.25, 0.3) is 10.8 Å². The van der Waals surface area contributed by atoms with Crippen LogP contribution in [0.4, 0.5) is 0 Å². The van der Waals surface area contributed by atoms with Gasteiger partial charge in [0.15, 0.2) is 0 Å². The molecule has 1 aliphatic heterocycles. The number of aromatic nitrogens is 1. The number of hydrogen-bond donors (Lipinski definition) is 1. The molecule has 1 N–H and O–H groups in total. The number of carbonyl (C=O) groups is 1. The average Bonchev–Trinajstić information content (AvgIpc) is 3.22. The van der Waals surface area contributed by atoms with Crippen LogP contribution in [0.5, 0.6) is 0 Å². The Labute approximate surface area is 186 Å². The van der Waals surface area contributed by atoms with Crippen LogP contribution in [0.1, 0.15) is 6.42 Å². The fourth-order valence-corrected chi connectivity index (χ4v) is 5.43. The molecule has 170 valence electrons. The van der Waals surface area contributed by atoms with Crippen LogP contribution in [0.15, 0.2) is 35.5 Å². The molecule has 9 nitrogen and oxygen atoms in total. The summed E-state index contributed by atoms with van der Waals surface area (Å²) < 4.78 is 43.2. The number of ether oxygens (including phenoxy) is 3. The number of pyridine rings is 1. The minimum atomic E-state index is -3.78. The SMILES string of the molecule is COCCOCCOCC(=O)N[C@@H]1CCN(S(=O)(=O)c2cccc3cncc(Cl)c23)C1. The van der Waals surface area contributed by atoms with Crippen LogP contribution >= 0.6 is 11.6 Å². The molecule has 1 atom stereocenters. The van der Waals surface area contributed by atoms with Gasteiger partial charge in [-0.2, -0.15) is 4.31 Å². The molecule has 0 spiro atoms. The summed E-state index contributed by atoms with van der Waals surface area (Å²) in [6, 6.07) is 4.69. The highest BCUT2D eigenvalue weighted by Gasteiger charge is 2.34. The van der Waals surface area contributed by atoms with Crippen molar-refractivity contribution in [2.45, 2.75) is 17.4 Å². The molecule has 1 aliphatic rings. The van der Waals surface area contributed by atoms with E-state index in [4.69, 9.17) is 25.8 Å². The van der Waals surface area contributed by atoms with Gasteiger partial charge in [-0.05, 0) is 12.5 Å². The summed E-state index contributed by atoms with van der Waals surface area (Å²) in [6.07, 6.45) is 3.53. The van der Waals surface area contributed by atoms with E-state index in [1.807, 2.05) is 0 Å². The highest BCUT2D eigenvalue weighted by atomic mass is 35.5. The average molecular weight is 472 g/mol. The molecular formula is C20H26ClN3O6S. The summed E-state index contributed by atoms with van der Waals surface area (Å²) in [5.74, 6) is -0.291. The minimum absolute atomic E-state index is 0.108. The van der Waals surface area contributed by atoms with Gasteiger partial charge in [0, 0.05) is 49.4 Å². The Kier molecular flexibility index (Phi) is 8.58. The third-order valence-electron chi connectivity index (χ3n) is 4.87. The summed E-state index contributed by atoms with van der Waals surface area (Å²) in [4.78, 5) is 16.2. The van der Waals surface area contributed by atoms with Gasteiger partial charge < -0.3 is 19.5 Å². The molecule has 1 fully saturated rings. The number of nitrogens with zero attached hydrogens (tertiary/aromatic N) is 2. The first-order valence-corrected chi connectivity index (χ1v) is 11.7. The second kappa shape index (κ2) is 11.2. The Morgan fingerprint density at radius 3 is 2.81 bits per heavy atom. The number of nitrogens with one attached hydrogen (secondary N) is 1. The fourth-order valence-electron chi connectivity index (χ4n) is 3.37. The monoisotopic (exact) mass is 471 g/mol. The molecule has 0 bridgehead atoms. The molecule has 1 aromatic carbocycles. The van der Waals surface area contributed by atoms with E-state index in [9.17, 15) is 13.2 Å². The Morgan fingerprint density at radius 2 is 2.00 bits per heavy atom. The predicted octanol–water partition coefficient (Wildman–Crippen LogP) is 1.45. The van der Waals surface area contributed by atoms with E-state index in [0.29, 0.717) is 50.2 Å². The number of fused-ring (bicyclic) bond motifs is 1. The molecule has 31 heavy (non-hydrogen) atoms. The molecule has 11 heteroatoms.